The summed E-state index contributed by atoms with van der Waals surface area (Å²) in [7, 11) is 0. The second-order valence-electron chi connectivity index (χ2n) is 3.74. The Morgan fingerprint density at radius 2 is 1.74 bits per heavy atom. The summed E-state index contributed by atoms with van der Waals surface area (Å²) in [6.45, 7) is 0. The molecule has 0 heterocycles. The maximum Gasteiger partial charge on any atom is 0.191 e. The average Bonchev–Trinajstić information content (AvgIpc) is 2.42. The second kappa shape index (κ2) is 6.61. The zero-order chi connectivity index (χ0) is 13.5. The first kappa shape index (κ1) is 13.2. The first-order valence-corrected chi connectivity index (χ1v) is 6.05. The first-order valence-electron chi connectivity index (χ1n) is 5.65. The third kappa shape index (κ3) is 4.48. The van der Waals surface area contributed by atoms with Gasteiger partial charge in [-0.25, -0.2) is 4.39 Å². The van der Waals surface area contributed by atoms with Crippen molar-refractivity contribution >= 4 is 29.2 Å². The van der Waals surface area contributed by atoms with Gasteiger partial charge in [0.25, 0.3) is 0 Å². The van der Waals surface area contributed by atoms with Crippen LogP contribution in [-0.2, 0) is 0 Å². The van der Waals surface area contributed by atoms with Gasteiger partial charge in [0.1, 0.15) is 5.82 Å². The molecule has 96 valence electrons. The number of para-hydroxylation sites is 1. The molecular formula is C14H12FN3S. The zero-order valence-corrected chi connectivity index (χ0v) is 10.8. The molecule has 0 bridgehead atoms. The lowest BCUT2D eigenvalue weighted by Crippen LogP contribution is -2.23. The second-order valence-corrected chi connectivity index (χ2v) is 4.15. The summed E-state index contributed by atoms with van der Waals surface area (Å²) in [6.07, 6.45) is 1.57. The molecule has 0 atom stereocenters. The van der Waals surface area contributed by atoms with Crippen LogP contribution >= 0.6 is 12.2 Å². The van der Waals surface area contributed by atoms with Crippen LogP contribution in [0, 0.1) is 5.82 Å². The number of benzene rings is 2. The molecule has 0 fully saturated rings. The van der Waals surface area contributed by atoms with Gasteiger partial charge in [0.05, 0.1) is 6.21 Å². The van der Waals surface area contributed by atoms with E-state index in [1.165, 1.54) is 12.1 Å². The highest BCUT2D eigenvalue weighted by molar-refractivity contribution is 7.80. The van der Waals surface area contributed by atoms with Crippen molar-refractivity contribution in [2.24, 2.45) is 5.10 Å². The Balaban J connectivity index is 1.85. The lowest BCUT2D eigenvalue weighted by Gasteiger charge is -2.05. The lowest BCUT2D eigenvalue weighted by molar-refractivity contribution is 0.628. The van der Waals surface area contributed by atoms with Gasteiger partial charge in [0, 0.05) is 5.69 Å². The molecule has 0 amide bonds. The zero-order valence-electron chi connectivity index (χ0n) is 10.0. The molecule has 0 aliphatic carbocycles. The van der Waals surface area contributed by atoms with E-state index in [1.807, 2.05) is 30.3 Å². The summed E-state index contributed by atoms with van der Waals surface area (Å²) in [5.41, 5.74) is 4.36. The molecule has 2 rings (SSSR count). The Morgan fingerprint density at radius 3 is 2.42 bits per heavy atom. The average molecular weight is 273 g/mol. The molecule has 0 aromatic heterocycles. The molecule has 0 saturated carbocycles. The Kier molecular flexibility index (Phi) is 4.58. The van der Waals surface area contributed by atoms with Gasteiger partial charge in [0.15, 0.2) is 5.11 Å². The number of anilines is 1. The minimum Gasteiger partial charge on any atom is -0.331 e. The molecule has 3 nitrogen and oxygen atoms in total. The van der Waals surface area contributed by atoms with E-state index < -0.39 is 0 Å². The van der Waals surface area contributed by atoms with E-state index in [0.29, 0.717) is 5.11 Å². The van der Waals surface area contributed by atoms with Crippen molar-refractivity contribution < 1.29 is 4.39 Å². The van der Waals surface area contributed by atoms with E-state index in [2.05, 4.69) is 15.8 Å². The Morgan fingerprint density at radius 1 is 1.05 bits per heavy atom. The maximum atomic E-state index is 12.7. The number of nitrogens with zero attached hydrogens (tertiary/aromatic N) is 1. The SMILES string of the molecule is Fc1ccc(/C=N/NC(=S)Nc2ccccc2)cc1. The third-order valence-corrected chi connectivity index (χ3v) is 2.47. The van der Waals surface area contributed by atoms with Crippen molar-refractivity contribution in [2.45, 2.75) is 0 Å². The number of hydrogen-bond donors (Lipinski definition) is 2. The first-order chi connectivity index (χ1) is 9.24. The Hall–Kier alpha value is -2.27. The topological polar surface area (TPSA) is 36.4 Å². The fourth-order valence-electron chi connectivity index (χ4n) is 1.39. The summed E-state index contributed by atoms with van der Waals surface area (Å²) in [5.74, 6) is -0.272. The molecule has 5 heteroatoms. The van der Waals surface area contributed by atoms with Crippen molar-refractivity contribution in [1.82, 2.24) is 5.43 Å². The smallest absolute Gasteiger partial charge is 0.191 e. The van der Waals surface area contributed by atoms with E-state index in [0.717, 1.165) is 11.3 Å². The highest BCUT2D eigenvalue weighted by atomic mass is 32.1. The fourth-order valence-corrected chi connectivity index (χ4v) is 1.57. The number of nitrogens with one attached hydrogen (secondary N) is 2. The van der Waals surface area contributed by atoms with E-state index in [-0.39, 0.29) is 5.82 Å². The van der Waals surface area contributed by atoms with Crippen molar-refractivity contribution in [2.75, 3.05) is 5.32 Å². The molecule has 2 N–H and O–H groups in total. The van der Waals surface area contributed by atoms with Gasteiger partial charge in [0.2, 0.25) is 0 Å². The van der Waals surface area contributed by atoms with Gasteiger partial charge in [-0.15, -0.1) is 0 Å². The molecule has 0 unspecified atom stereocenters. The lowest BCUT2D eigenvalue weighted by atomic mass is 10.2. The van der Waals surface area contributed by atoms with Crippen LogP contribution in [0.25, 0.3) is 0 Å². The minimum absolute atomic E-state index is 0.272. The molecule has 2 aromatic rings. The number of hydrazone groups is 1. The molecule has 0 spiro atoms. The number of halogens is 1. The number of rotatable bonds is 3. The van der Waals surface area contributed by atoms with Crippen LogP contribution in [0.5, 0.6) is 0 Å². The molecular weight excluding hydrogens is 261 g/mol. The monoisotopic (exact) mass is 273 g/mol. The maximum absolute atomic E-state index is 12.7. The minimum atomic E-state index is -0.272. The van der Waals surface area contributed by atoms with Gasteiger partial charge < -0.3 is 5.32 Å². The van der Waals surface area contributed by atoms with Crippen molar-refractivity contribution in [3.63, 3.8) is 0 Å². The van der Waals surface area contributed by atoms with E-state index in [4.69, 9.17) is 12.2 Å². The van der Waals surface area contributed by atoms with E-state index in [9.17, 15) is 4.39 Å². The predicted molar refractivity (Wildman–Crippen MR) is 79.8 cm³/mol. The quantitative estimate of drug-likeness (QED) is 0.512. The van der Waals surface area contributed by atoms with Crippen LogP contribution in [-0.4, -0.2) is 11.3 Å². The molecule has 0 aliphatic heterocycles. The summed E-state index contributed by atoms with van der Waals surface area (Å²) in [6, 6.07) is 15.6. The van der Waals surface area contributed by atoms with Gasteiger partial charge in [-0.1, -0.05) is 30.3 Å². The fraction of sp³-hybridized carbons (Fsp3) is 0. The highest BCUT2D eigenvalue weighted by Crippen LogP contribution is 2.04. The van der Waals surface area contributed by atoms with Crippen LogP contribution < -0.4 is 10.7 Å². The standard InChI is InChI=1S/C14H12FN3S/c15-12-8-6-11(7-9-12)10-16-18-14(19)17-13-4-2-1-3-5-13/h1-10H,(H2,17,18,19)/b16-10+. The van der Waals surface area contributed by atoms with Crippen LogP contribution in [0.1, 0.15) is 5.56 Å². The Labute approximate surface area is 116 Å². The van der Waals surface area contributed by atoms with Gasteiger partial charge >= 0.3 is 0 Å². The van der Waals surface area contributed by atoms with Crippen LogP contribution in [0.2, 0.25) is 0 Å². The molecule has 0 radical (unpaired) electrons. The van der Waals surface area contributed by atoms with Crippen molar-refractivity contribution in [3.8, 4) is 0 Å². The number of hydrogen-bond acceptors (Lipinski definition) is 2. The summed E-state index contributed by atoms with van der Waals surface area (Å²) < 4.78 is 12.7. The Bertz CT molecular complexity index is 567. The van der Waals surface area contributed by atoms with Crippen LogP contribution in [0.15, 0.2) is 59.7 Å². The van der Waals surface area contributed by atoms with Gasteiger partial charge in [-0.05, 0) is 42.0 Å². The predicted octanol–water partition coefficient (Wildman–Crippen LogP) is 3.15. The summed E-state index contributed by atoms with van der Waals surface area (Å²) in [4.78, 5) is 0. The van der Waals surface area contributed by atoms with Gasteiger partial charge in [-0.3, -0.25) is 5.43 Å². The van der Waals surface area contributed by atoms with E-state index >= 15 is 0 Å². The molecule has 0 saturated heterocycles. The molecule has 19 heavy (non-hydrogen) atoms. The van der Waals surface area contributed by atoms with E-state index in [1.54, 1.807) is 18.3 Å². The normalized spacial score (nSPS) is 10.4. The third-order valence-electron chi connectivity index (χ3n) is 2.28. The van der Waals surface area contributed by atoms with Crippen molar-refractivity contribution in [1.29, 1.82) is 0 Å². The number of thiocarbonyl (C=S) groups is 1. The molecule has 2 aromatic carbocycles. The summed E-state index contributed by atoms with van der Waals surface area (Å²) in [5, 5.41) is 7.34. The largest absolute Gasteiger partial charge is 0.331 e. The van der Waals surface area contributed by atoms with Crippen molar-refractivity contribution in [3.05, 3.63) is 66.0 Å². The molecule has 0 aliphatic rings. The van der Waals surface area contributed by atoms with Crippen LogP contribution in [0.3, 0.4) is 0 Å². The van der Waals surface area contributed by atoms with Crippen LogP contribution in [0.4, 0.5) is 10.1 Å². The summed E-state index contributed by atoms with van der Waals surface area (Å²) >= 11 is 5.08. The van der Waals surface area contributed by atoms with Gasteiger partial charge in [-0.2, -0.15) is 5.10 Å². The highest BCUT2D eigenvalue weighted by Gasteiger charge is 1.94.